The van der Waals surface area contributed by atoms with E-state index in [4.69, 9.17) is 5.73 Å². The van der Waals surface area contributed by atoms with E-state index in [1.54, 1.807) is 0 Å². The average molecular weight is 228 g/mol. The summed E-state index contributed by atoms with van der Waals surface area (Å²) in [5.41, 5.74) is 5.89. The molecule has 0 radical (unpaired) electrons. The van der Waals surface area contributed by atoms with Gasteiger partial charge in [-0.15, -0.1) is 0 Å². The lowest BCUT2D eigenvalue weighted by molar-refractivity contribution is -0.137. The summed E-state index contributed by atoms with van der Waals surface area (Å²) in [6.45, 7) is 1.71. The van der Waals surface area contributed by atoms with E-state index in [1.165, 1.54) is 0 Å². The summed E-state index contributed by atoms with van der Waals surface area (Å²) in [5, 5.41) is 0. The second-order valence-corrected chi connectivity index (χ2v) is 5.80. The second-order valence-electron chi connectivity index (χ2n) is 4.57. The number of amides is 1. The zero-order chi connectivity index (χ0) is 10.7. The number of hydrogen-bond donors (Lipinski definition) is 1. The molecule has 1 atom stereocenters. The summed E-state index contributed by atoms with van der Waals surface area (Å²) in [6, 6.07) is 0.209. The van der Waals surface area contributed by atoms with Crippen LogP contribution in [0.1, 0.15) is 25.7 Å². The normalized spacial score (nSPS) is 29.1. The summed E-state index contributed by atoms with van der Waals surface area (Å²) in [6.07, 6.45) is 4.28. The smallest absolute Gasteiger partial charge is 0.225 e. The van der Waals surface area contributed by atoms with E-state index in [-0.39, 0.29) is 12.0 Å². The monoisotopic (exact) mass is 228 g/mol. The SMILES string of the molecule is N[C@@H]1CCCN(C(=O)C2CCSCC2)C1. The summed E-state index contributed by atoms with van der Waals surface area (Å²) in [5.74, 6) is 2.95. The van der Waals surface area contributed by atoms with E-state index in [0.29, 0.717) is 5.91 Å². The Morgan fingerprint density at radius 3 is 2.67 bits per heavy atom. The minimum Gasteiger partial charge on any atom is -0.341 e. The molecular weight excluding hydrogens is 208 g/mol. The molecule has 2 rings (SSSR count). The highest BCUT2D eigenvalue weighted by Crippen LogP contribution is 2.25. The molecule has 4 heteroatoms. The number of carbonyl (C=O) groups is 1. The second kappa shape index (κ2) is 5.21. The van der Waals surface area contributed by atoms with Crippen molar-refractivity contribution in [2.75, 3.05) is 24.6 Å². The highest BCUT2D eigenvalue weighted by molar-refractivity contribution is 7.99. The lowest BCUT2D eigenvalue weighted by Crippen LogP contribution is -2.48. The molecule has 2 saturated heterocycles. The maximum atomic E-state index is 12.2. The Hall–Kier alpha value is -0.220. The molecule has 0 aromatic heterocycles. The predicted octanol–water partition coefficient (Wildman–Crippen LogP) is 1.08. The van der Waals surface area contributed by atoms with Gasteiger partial charge in [-0.25, -0.2) is 0 Å². The van der Waals surface area contributed by atoms with Gasteiger partial charge in [-0.1, -0.05) is 0 Å². The van der Waals surface area contributed by atoms with Crippen molar-refractivity contribution >= 4 is 17.7 Å². The van der Waals surface area contributed by atoms with Crippen LogP contribution in [-0.2, 0) is 4.79 Å². The van der Waals surface area contributed by atoms with Gasteiger partial charge in [0.1, 0.15) is 0 Å². The molecule has 2 fully saturated rings. The number of carbonyl (C=O) groups excluding carboxylic acids is 1. The van der Waals surface area contributed by atoms with Crippen LogP contribution >= 0.6 is 11.8 Å². The molecule has 0 aromatic carbocycles. The maximum absolute atomic E-state index is 12.2. The fraction of sp³-hybridized carbons (Fsp3) is 0.909. The van der Waals surface area contributed by atoms with Crippen LogP contribution in [0.2, 0.25) is 0 Å². The van der Waals surface area contributed by atoms with Crippen molar-refractivity contribution in [3.63, 3.8) is 0 Å². The Kier molecular flexibility index (Phi) is 3.92. The Labute approximate surface area is 95.8 Å². The van der Waals surface area contributed by atoms with Crippen molar-refractivity contribution in [1.29, 1.82) is 0 Å². The first-order valence-corrected chi connectivity index (χ1v) is 7.05. The van der Waals surface area contributed by atoms with Crippen LogP contribution in [0.25, 0.3) is 0 Å². The minimum absolute atomic E-state index is 0.209. The van der Waals surface area contributed by atoms with Gasteiger partial charge in [0.15, 0.2) is 0 Å². The van der Waals surface area contributed by atoms with Crippen molar-refractivity contribution in [2.24, 2.45) is 11.7 Å². The molecular formula is C11H20N2OS. The number of hydrogen-bond acceptors (Lipinski definition) is 3. The largest absolute Gasteiger partial charge is 0.341 e. The predicted molar refractivity (Wildman–Crippen MR) is 63.8 cm³/mol. The van der Waals surface area contributed by atoms with Gasteiger partial charge in [0.2, 0.25) is 5.91 Å². The van der Waals surface area contributed by atoms with E-state index in [0.717, 1.165) is 50.3 Å². The van der Waals surface area contributed by atoms with Crippen molar-refractivity contribution < 1.29 is 4.79 Å². The Balaban J connectivity index is 1.88. The molecule has 86 valence electrons. The molecule has 0 aliphatic carbocycles. The van der Waals surface area contributed by atoms with Gasteiger partial charge in [-0.2, -0.15) is 11.8 Å². The molecule has 2 aliphatic rings. The van der Waals surface area contributed by atoms with Gasteiger partial charge >= 0.3 is 0 Å². The van der Waals surface area contributed by atoms with Crippen molar-refractivity contribution in [2.45, 2.75) is 31.7 Å². The minimum atomic E-state index is 0.209. The van der Waals surface area contributed by atoms with Crippen LogP contribution in [-0.4, -0.2) is 41.4 Å². The zero-order valence-electron chi connectivity index (χ0n) is 9.15. The van der Waals surface area contributed by atoms with Crippen LogP contribution < -0.4 is 5.73 Å². The summed E-state index contributed by atoms with van der Waals surface area (Å²) in [7, 11) is 0. The molecule has 2 heterocycles. The number of likely N-dealkylation sites (tertiary alicyclic amines) is 1. The molecule has 3 nitrogen and oxygen atoms in total. The van der Waals surface area contributed by atoms with Crippen LogP contribution in [0.5, 0.6) is 0 Å². The highest BCUT2D eigenvalue weighted by atomic mass is 32.2. The molecule has 0 aromatic rings. The van der Waals surface area contributed by atoms with E-state index in [1.807, 2.05) is 16.7 Å². The molecule has 1 amide bonds. The zero-order valence-corrected chi connectivity index (χ0v) is 9.97. The number of rotatable bonds is 1. The number of thioether (sulfide) groups is 1. The number of nitrogens with zero attached hydrogens (tertiary/aromatic N) is 1. The van der Waals surface area contributed by atoms with Crippen LogP contribution in [0.3, 0.4) is 0 Å². The van der Waals surface area contributed by atoms with Gasteiger partial charge in [0.05, 0.1) is 0 Å². The molecule has 2 N–H and O–H groups in total. The van der Waals surface area contributed by atoms with Crippen LogP contribution in [0.4, 0.5) is 0 Å². The van der Waals surface area contributed by atoms with E-state index in [2.05, 4.69) is 0 Å². The summed E-state index contributed by atoms with van der Waals surface area (Å²) in [4.78, 5) is 14.2. The highest BCUT2D eigenvalue weighted by Gasteiger charge is 2.28. The van der Waals surface area contributed by atoms with Gasteiger partial charge in [0.25, 0.3) is 0 Å². The van der Waals surface area contributed by atoms with E-state index < -0.39 is 0 Å². The Bertz CT molecular complexity index is 229. The summed E-state index contributed by atoms with van der Waals surface area (Å²) < 4.78 is 0. The van der Waals surface area contributed by atoms with Gasteiger partial charge < -0.3 is 10.6 Å². The molecule has 2 aliphatic heterocycles. The standard InChI is InChI=1S/C11H20N2OS/c12-10-2-1-5-13(8-10)11(14)9-3-6-15-7-4-9/h9-10H,1-8,12H2/t10-/m1/s1. The molecule has 15 heavy (non-hydrogen) atoms. The first-order chi connectivity index (χ1) is 7.27. The lowest BCUT2D eigenvalue weighted by Gasteiger charge is -2.34. The molecule has 0 bridgehead atoms. The van der Waals surface area contributed by atoms with Crippen molar-refractivity contribution in [3.05, 3.63) is 0 Å². The average Bonchev–Trinajstić information content (AvgIpc) is 2.29. The topological polar surface area (TPSA) is 46.3 Å². The van der Waals surface area contributed by atoms with Crippen molar-refractivity contribution in [3.8, 4) is 0 Å². The lowest BCUT2D eigenvalue weighted by atomic mass is 9.98. The first-order valence-electron chi connectivity index (χ1n) is 5.89. The van der Waals surface area contributed by atoms with Gasteiger partial charge in [-0.3, -0.25) is 4.79 Å². The third-order valence-electron chi connectivity index (χ3n) is 3.34. The fourth-order valence-corrected chi connectivity index (χ4v) is 3.52. The van der Waals surface area contributed by atoms with Gasteiger partial charge in [-0.05, 0) is 37.2 Å². The molecule has 0 unspecified atom stereocenters. The van der Waals surface area contributed by atoms with E-state index in [9.17, 15) is 4.79 Å². The van der Waals surface area contributed by atoms with Crippen LogP contribution in [0, 0.1) is 5.92 Å². The first kappa shape index (κ1) is 11.3. The fourth-order valence-electron chi connectivity index (χ4n) is 2.41. The number of nitrogens with two attached hydrogens (primary N) is 1. The summed E-state index contributed by atoms with van der Waals surface area (Å²) >= 11 is 1.97. The maximum Gasteiger partial charge on any atom is 0.225 e. The third-order valence-corrected chi connectivity index (χ3v) is 4.39. The molecule has 0 saturated carbocycles. The quantitative estimate of drug-likeness (QED) is 0.730. The Morgan fingerprint density at radius 2 is 2.00 bits per heavy atom. The van der Waals surface area contributed by atoms with Gasteiger partial charge in [0, 0.05) is 25.0 Å². The Morgan fingerprint density at radius 1 is 1.27 bits per heavy atom. The molecule has 0 spiro atoms. The number of piperidine rings is 1. The third kappa shape index (κ3) is 2.88. The van der Waals surface area contributed by atoms with Crippen LogP contribution in [0.15, 0.2) is 0 Å². The van der Waals surface area contributed by atoms with Crippen molar-refractivity contribution in [1.82, 2.24) is 4.90 Å². The van der Waals surface area contributed by atoms with E-state index >= 15 is 0 Å².